The Kier molecular flexibility index (Phi) is 4.84. The van der Waals surface area contributed by atoms with E-state index in [4.69, 9.17) is 5.73 Å². The monoisotopic (exact) mass is 238 g/mol. The summed E-state index contributed by atoms with van der Waals surface area (Å²) in [6, 6.07) is 0.220. The lowest BCUT2D eigenvalue weighted by atomic mass is 9.86. The van der Waals surface area contributed by atoms with Gasteiger partial charge < -0.3 is 10.6 Å². The number of hydrogen-bond donors (Lipinski definition) is 1. The van der Waals surface area contributed by atoms with Crippen molar-refractivity contribution in [1.29, 1.82) is 0 Å². The molecule has 1 amide bonds. The maximum Gasteiger partial charge on any atom is 0.222 e. The van der Waals surface area contributed by atoms with Crippen molar-refractivity contribution >= 4 is 5.91 Å². The minimum atomic E-state index is 0.220. The Labute approximate surface area is 105 Å². The topological polar surface area (TPSA) is 46.3 Å². The molecular weight excluding hydrogens is 212 g/mol. The van der Waals surface area contributed by atoms with Crippen molar-refractivity contribution < 1.29 is 4.79 Å². The number of nitrogens with two attached hydrogens (primary N) is 1. The molecule has 0 radical (unpaired) electrons. The van der Waals surface area contributed by atoms with E-state index >= 15 is 0 Å². The van der Waals surface area contributed by atoms with Gasteiger partial charge in [-0.3, -0.25) is 4.79 Å². The second-order valence-corrected chi connectivity index (χ2v) is 5.78. The summed E-state index contributed by atoms with van der Waals surface area (Å²) < 4.78 is 0. The summed E-state index contributed by atoms with van der Waals surface area (Å²) >= 11 is 0. The molecule has 0 aromatic carbocycles. The van der Waals surface area contributed by atoms with Crippen LogP contribution >= 0.6 is 0 Å². The molecule has 2 N–H and O–H groups in total. The molecule has 0 aromatic rings. The van der Waals surface area contributed by atoms with Gasteiger partial charge >= 0.3 is 0 Å². The Morgan fingerprint density at radius 1 is 1.18 bits per heavy atom. The summed E-state index contributed by atoms with van der Waals surface area (Å²) in [5.41, 5.74) is 5.81. The van der Waals surface area contributed by atoms with E-state index in [0.717, 1.165) is 38.3 Å². The first kappa shape index (κ1) is 12.9. The summed E-state index contributed by atoms with van der Waals surface area (Å²) in [5, 5.41) is 0. The van der Waals surface area contributed by atoms with E-state index < -0.39 is 0 Å². The molecule has 3 heteroatoms. The summed E-state index contributed by atoms with van der Waals surface area (Å²) in [7, 11) is 0. The Morgan fingerprint density at radius 3 is 2.59 bits per heavy atom. The zero-order valence-electron chi connectivity index (χ0n) is 10.9. The minimum absolute atomic E-state index is 0.220. The number of carbonyl (C=O) groups is 1. The fourth-order valence-corrected chi connectivity index (χ4v) is 3.19. The third-order valence-electron chi connectivity index (χ3n) is 4.31. The molecule has 2 fully saturated rings. The van der Waals surface area contributed by atoms with Crippen molar-refractivity contribution in [3.63, 3.8) is 0 Å². The number of carbonyl (C=O) groups excluding carboxylic acids is 1. The van der Waals surface area contributed by atoms with Crippen molar-refractivity contribution in [3.8, 4) is 0 Å². The van der Waals surface area contributed by atoms with Crippen LogP contribution in [0.4, 0.5) is 0 Å². The largest absolute Gasteiger partial charge is 0.341 e. The Bertz CT molecular complexity index is 249. The van der Waals surface area contributed by atoms with Crippen molar-refractivity contribution in [1.82, 2.24) is 4.90 Å². The first-order chi connectivity index (χ1) is 8.25. The van der Waals surface area contributed by atoms with E-state index in [1.807, 2.05) is 4.90 Å². The van der Waals surface area contributed by atoms with Gasteiger partial charge in [-0.05, 0) is 25.2 Å². The van der Waals surface area contributed by atoms with Crippen LogP contribution in [0, 0.1) is 5.92 Å². The van der Waals surface area contributed by atoms with Gasteiger partial charge in [0.25, 0.3) is 0 Å². The molecule has 1 atom stereocenters. The maximum atomic E-state index is 11.9. The average molecular weight is 238 g/mol. The second-order valence-electron chi connectivity index (χ2n) is 5.78. The number of rotatable bonds is 4. The minimum Gasteiger partial charge on any atom is -0.341 e. The van der Waals surface area contributed by atoms with Crippen molar-refractivity contribution in [2.45, 2.75) is 63.8 Å². The van der Waals surface area contributed by atoms with Gasteiger partial charge in [-0.15, -0.1) is 0 Å². The normalized spacial score (nSPS) is 26.4. The van der Waals surface area contributed by atoms with Crippen LogP contribution in [0.5, 0.6) is 0 Å². The summed E-state index contributed by atoms with van der Waals surface area (Å²) in [5.74, 6) is 1.23. The quantitative estimate of drug-likeness (QED) is 0.817. The molecule has 1 aliphatic heterocycles. The predicted molar refractivity (Wildman–Crippen MR) is 69.6 cm³/mol. The molecule has 1 saturated carbocycles. The highest BCUT2D eigenvalue weighted by Crippen LogP contribution is 2.27. The van der Waals surface area contributed by atoms with Gasteiger partial charge in [-0.1, -0.05) is 32.1 Å². The second kappa shape index (κ2) is 6.39. The Balaban J connectivity index is 1.59. The lowest BCUT2D eigenvalue weighted by Crippen LogP contribution is -2.31. The standard InChI is InChI=1S/C14H26N2O/c15-13-9-10-16(11-13)14(17)8-4-7-12-5-2-1-3-6-12/h12-13H,1-11,15H2/t13-/m1/s1. The van der Waals surface area contributed by atoms with Gasteiger partial charge in [0.15, 0.2) is 0 Å². The van der Waals surface area contributed by atoms with Crippen LogP contribution in [0.15, 0.2) is 0 Å². The van der Waals surface area contributed by atoms with Crippen LogP contribution in [0.2, 0.25) is 0 Å². The first-order valence-electron chi connectivity index (χ1n) is 7.29. The fourth-order valence-electron chi connectivity index (χ4n) is 3.19. The van der Waals surface area contributed by atoms with Crippen LogP contribution in [0.25, 0.3) is 0 Å². The summed E-state index contributed by atoms with van der Waals surface area (Å²) in [6.45, 7) is 1.66. The molecule has 1 aliphatic carbocycles. The number of nitrogens with zero attached hydrogens (tertiary/aromatic N) is 1. The van der Waals surface area contributed by atoms with E-state index in [1.54, 1.807) is 0 Å². The highest BCUT2D eigenvalue weighted by atomic mass is 16.2. The lowest BCUT2D eigenvalue weighted by molar-refractivity contribution is -0.130. The molecule has 2 rings (SSSR count). The molecule has 0 spiro atoms. The third-order valence-corrected chi connectivity index (χ3v) is 4.31. The molecule has 0 unspecified atom stereocenters. The predicted octanol–water partition coefficient (Wildman–Crippen LogP) is 2.30. The summed E-state index contributed by atoms with van der Waals surface area (Å²) in [6.07, 6.45) is 11.1. The van der Waals surface area contributed by atoms with Crippen LogP contribution < -0.4 is 5.73 Å². The summed E-state index contributed by atoms with van der Waals surface area (Å²) in [4.78, 5) is 13.9. The van der Waals surface area contributed by atoms with E-state index in [2.05, 4.69) is 0 Å². The van der Waals surface area contributed by atoms with Gasteiger partial charge in [0.2, 0.25) is 5.91 Å². The maximum absolute atomic E-state index is 11.9. The number of amides is 1. The molecule has 1 heterocycles. The molecule has 17 heavy (non-hydrogen) atoms. The van der Waals surface area contributed by atoms with Crippen molar-refractivity contribution in [2.75, 3.05) is 13.1 Å². The van der Waals surface area contributed by atoms with Crippen molar-refractivity contribution in [3.05, 3.63) is 0 Å². The Morgan fingerprint density at radius 2 is 1.94 bits per heavy atom. The first-order valence-corrected chi connectivity index (χ1v) is 7.29. The molecule has 98 valence electrons. The average Bonchev–Trinajstić information content (AvgIpc) is 2.77. The van der Waals surface area contributed by atoms with Crippen LogP contribution in [-0.2, 0) is 4.79 Å². The van der Waals surface area contributed by atoms with Gasteiger partial charge in [0.05, 0.1) is 0 Å². The number of hydrogen-bond acceptors (Lipinski definition) is 2. The molecular formula is C14H26N2O. The zero-order valence-corrected chi connectivity index (χ0v) is 10.9. The van der Waals surface area contributed by atoms with E-state index in [-0.39, 0.29) is 6.04 Å². The van der Waals surface area contributed by atoms with Crippen LogP contribution in [0.1, 0.15) is 57.8 Å². The molecule has 0 bridgehead atoms. The highest BCUT2D eigenvalue weighted by molar-refractivity contribution is 5.76. The molecule has 0 aromatic heterocycles. The van der Waals surface area contributed by atoms with Gasteiger partial charge in [0, 0.05) is 25.6 Å². The fraction of sp³-hybridized carbons (Fsp3) is 0.929. The van der Waals surface area contributed by atoms with E-state index in [1.165, 1.54) is 38.5 Å². The van der Waals surface area contributed by atoms with Crippen LogP contribution in [-0.4, -0.2) is 29.9 Å². The SMILES string of the molecule is N[C@@H]1CCN(C(=O)CCCC2CCCCC2)C1. The number of likely N-dealkylation sites (tertiary alicyclic amines) is 1. The molecule has 3 nitrogen and oxygen atoms in total. The van der Waals surface area contributed by atoms with E-state index in [9.17, 15) is 4.79 Å². The van der Waals surface area contributed by atoms with Crippen LogP contribution in [0.3, 0.4) is 0 Å². The molecule has 1 saturated heterocycles. The smallest absolute Gasteiger partial charge is 0.222 e. The van der Waals surface area contributed by atoms with Gasteiger partial charge in [-0.2, -0.15) is 0 Å². The highest BCUT2D eigenvalue weighted by Gasteiger charge is 2.23. The van der Waals surface area contributed by atoms with Gasteiger partial charge in [-0.25, -0.2) is 0 Å². The van der Waals surface area contributed by atoms with Crippen molar-refractivity contribution in [2.24, 2.45) is 11.7 Å². The third kappa shape index (κ3) is 3.98. The van der Waals surface area contributed by atoms with Gasteiger partial charge in [0.1, 0.15) is 0 Å². The van der Waals surface area contributed by atoms with E-state index in [0.29, 0.717) is 5.91 Å². The molecule has 2 aliphatic rings. The zero-order chi connectivity index (χ0) is 12.1. The Hall–Kier alpha value is -0.570. The lowest BCUT2D eigenvalue weighted by Gasteiger charge is -2.22.